The van der Waals surface area contributed by atoms with Crippen LogP contribution in [0.15, 0.2) is 54.6 Å². The summed E-state index contributed by atoms with van der Waals surface area (Å²) in [5.74, 6) is 0.229. The first-order valence-corrected chi connectivity index (χ1v) is 9.18. The van der Waals surface area contributed by atoms with Crippen LogP contribution in [-0.2, 0) is 14.3 Å². The van der Waals surface area contributed by atoms with Crippen molar-refractivity contribution in [2.75, 3.05) is 23.8 Å². The third-order valence-electron chi connectivity index (χ3n) is 4.26. The number of amides is 2. The van der Waals surface area contributed by atoms with Gasteiger partial charge in [0.15, 0.2) is 6.61 Å². The first kappa shape index (κ1) is 18.9. The quantitative estimate of drug-likeness (QED) is 0.746. The van der Waals surface area contributed by atoms with Gasteiger partial charge in [-0.15, -0.1) is 0 Å². The highest BCUT2D eigenvalue weighted by molar-refractivity contribution is 5.92. The lowest BCUT2D eigenvalue weighted by atomic mass is 10.1. The molecule has 27 heavy (non-hydrogen) atoms. The van der Waals surface area contributed by atoms with Crippen LogP contribution in [0.3, 0.4) is 0 Å². The number of anilines is 2. The van der Waals surface area contributed by atoms with E-state index in [9.17, 15) is 9.59 Å². The molecule has 2 amide bonds. The normalized spacial score (nSPS) is 15.9. The van der Waals surface area contributed by atoms with Gasteiger partial charge in [0, 0.05) is 30.5 Å². The van der Waals surface area contributed by atoms with Crippen molar-refractivity contribution < 1.29 is 19.1 Å². The molecule has 0 aliphatic carbocycles. The second-order valence-electron chi connectivity index (χ2n) is 6.45. The van der Waals surface area contributed by atoms with Crippen LogP contribution in [0, 0.1) is 0 Å². The van der Waals surface area contributed by atoms with Crippen molar-refractivity contribution in [2.24, 2.45) is 0 Å². The van der Waals surface area contributed by atoms with Gasteiger partial charge in [-0.1, -0.05) is 24.3 Å². The van der Waals surface area contributed by atoms with Gasteiger partial charge in [0.05, 0.1) is 6.10 Å². The van der Waals surface area contributed by atoms with Gasteiger partial charge < -0.3 is 20.1 Å². The number of hydrogen-bond donors (Lipinski definition) is 2. The van der Waals surface area contributed by atoms with E-state index in [1.54, 1.807) is 24.3 Å². The van der Waals surface area contributed by atoms with Crippen LogP contribution < -0.4 is 15.4 Å². The first-order chi connectivity index (χ1) is 13.2. The molecule has 3 rings (SSSR count). The monoisotopic (exact) mass is 368 g/mol. The third kappa shape index (κ3) is 6.42. The standard InChI is InChI=1S/C21H24N2O4/c24-20(12-11-18-10-5-13-26-18)23-17-8-4-9-19(14-17)27-15-21(25)22-16-6-2-1-3-7-16/h1-4,6-9,14,18H,5,10-13,15H2,(H,22,25)(H,23,24)/t18-/m1/s1. The zero-order valence-corrected chi connectivity index (χ0v) is 15.1. The van der Waals surface area contributed by atoms with Crippen molar-refractivity contribution in [1.29, 1.82) is 0 Å². The van der Waals surface area contributed by atoms with Crippen LogP contribution in [0.1, 0.15) is 25.7 Å². The summed E-state index contributed by atoms with van der Waals surface area (Å²) in [5, 5.41) is 5.62. The lowest BCUT2D eigenvalue weighted by Gasteiger charge is -2.11. The number of carbonyl (C=O) groups excluding carboxylic acids is 2. The maximum absolute atomic E-state index is 12.1. The van der Waals surface area contributed by atoms with Crippen LogP contribution in [0.2, 0.25) is 0 Å². The van der Waals surface area contributed by atoms with E-state index >= 15 is 0 Å². The molecule has 0 spiro atoms. The third-order valence-corrected chi connectivity index (χ3v) is 4.26. The number of nitrogens with one attached hydrogen (secondary N) is 2. The summed E-state index contributed by atoms with van der Waals surface area (Å²) in [6, 6.07) is 16.2. The summed E-state index contributed by atoms with van der Waals surface area (Å²) in [6.45, 7) is 0.689. The van der Waals surface area contributed by atoms with E-state index in [0.717, 1.165) is 31.6 Å². The Kier molecular flexibility index (Phi) is 6.82. The van der Waals surface area contributed by atoms with Gasteiger partial charge in [-0.2, -0.15) is 0 Å². The molecular weight excluding hydrogens is 344 g/mol. The molecule has 142 valence electrons. The number of ether oxygens (including phenoxy) is 2. The van der Waals surface area contributed by atoms with E-state index < -0.39 is 0 Å². The topological polar surface area (TPSA) is 76.7 Å². The summed E-state index contributed by atoms with van der Waals surface area (Å²) in [7, 11) is 0. The van der Waals surface area contributed by atoms with Gasteiger partial charge in [0.25, 0.3) is 5.91 Å². The minimum atomic E-state index is -0.243. The molecule has 0 bridgehead atoms. The molecule has 1 atom stereocenters. The minimum Gasteiger partial charge on any atom is -0.484 e. The van der Waals surface area contributed by atoms with Gasteiger partial charge in [-0.25, -0.2) is 0 Å². The number of carbonyl (C=O) groups is 2. The minimum absolute atomic E-state index is 0.0514. The zero-order chi connectivity index (χ0) is 18.9. The van der Waals surface area contributed by atoms with Crippen LogP contribution in [-0.4, -0.2) is 31.1 Å². The molecule has 1 aliphatic rings. The summed E-state index contributed by atoms with van der Waals surface area (Å²) >= 11 is 0. The van der Waals surface area contributed by atoms with Crippen molar-refractivity contribution in [3.8, 4) is 5.75 Å². The SMILES string of the molecule is O=C(CC[C@H]1CCCO1)Nc1cccc(OCC(=O)Nc2ccccc2)c1. The van der Waals surface area contributed by atoms with Crippen LogP contribution >= 0.6 is 0 Å². The molecule has 0 saturated carbocycles. The summed E-state index contributed by atoms with van der Waals surface area (Å²) in [5.41, 5.74) is 1.37. The smallest absolute Gasteiger partial charge is 0.262 e. The largest absolute Gasteiger partial charge is 0.484 e. The summed E-state index contributed by atoms with van der Waals surface area (Å²) in [4.78, 5) is 24.0. The predicted octanol–water partition coefficient (Wildman–Crippen LogP) is 3.60. The molecule has 1 saturated heterocycles. The molecule has 1 aliphatic heterocycles. The predicted molar refractivity (Wildman–Crippen MR) is 104 cm³/mol. The van der Waals surface area contributed by atoms with E-state index in [1.807, 2.05) is 30.3 Å². The Bertz CT molecular complexity index is 758. The Morgan fingerprint density at radius 1 is 1.00 bits per heavy atom. The molecule has 1 fully saturated rings. The van der Waals surface area contributed by atoms with Crippen LogP contribution in [0.4, 0.5) is 11.4 Å². The second kappa shape index (κ2) is 9.73. The van der Waals surface area contributed by atoms with E-state index in [1.165, 1.54) is 0 Å². The number of benzene rings is 2. The van der Waals surface area contributed by atoms with E-state index in [2.05, 4.69) is 10.6 Å². The lowest BCUT2D eigenvalue weighted by molar-refractivity contribution is -0.118. The fourth-order valence-corrected chi connectivity index (χ4v) is 2.92. The van der Waals surface area contributed by atoms with Crippen molar-refractivity contribution >= 4 is 23.2 Å². The molecule has 1 heterocycles. The molecule has 0 aromatic heterocycles. The van der Waals surface area contributed by atoms with E-state index in [0.29, 0.717) is 17.9 Å². The average Bonchev–Trinajstić information content (AvgIpc) is 3.20. The highest BCUT2D eigenvalue weighted by atomic mass is 16.5. The van der Waals surface area contributed by atoms with Gasteiger partial charge in [0.2, 0.25) is 5.91 Å². The molecule has 6 heteroatoms. The Hall–Kier alpha value is -2.86. The molecular formula is C21H24N2O4. The highest BCUT2D eigenvalue weighted by Gasteiger charge is 2.16. The molecule has 0 radical (unpaired) electrons. The number of para-hydroxylation sites is 1. The molecule has 2 N–H and O–H groups in total. The number of hydrogen-bond acceptors (Lipinski definition) is 4. The highest BCUT2D eigenvalue weighted by Crippen LogP contribution is 2.20. The molecule has 2 aromatic carbocycles. The Balaban J connectivity index is 1.43. The second-order valence-corrected chi connectivity index (χ2v) is 6.45. The van der Waals surface area contributed by atoms with Crippen molar-refractivity contribution in [1.82, 2.24) is 0 Å². The maximum Gasteiger partial charge on any atom is 0.262 e. The fourth-order valence-electron chi connectivity index (χ4n) is 2.92. The van der Waals surface area contributed by atoms with Crippen LogP contribution in [0.5, 0.6) is 5.75 Å². The van der Waals surface area contributed by atoms with Gasteiger partial charge in [0.1, 0.15) is 5.75 Å². The Morgan fingerprint density at radius 3 is 2.56 bits per heavy atom. The lowest BCUT2D eigenvalue weighted by Crippen LogP contribution is -2.20. The van der Waals surface area contributed by atoms with Gasteiger partial charge in [-0.3, -0.25) is 9.59 Å². The van der Waals surface area contributed by atoms with Gasteiger partial charge >= 0.3 is 0 Å². The van der Waals surface area contributed by atoms with E-state index in [-0.39, 0.29) is 24.5 Å². The van der Waals surface area contributed by atoms with Crippen molar-refractivity contribution in [3.05, 3.63) is 54.6 Å². The molecule has 2 aromatic rings. The number of rotatable bonds is 8. The first-order valence-electron chi connectivity index (χ1n) is 9.18. The Morgan fingerprint density at radius 2 is 1.78 bits per heavy atom. The van der Waals surface area contributed by atoms with Gasteiger partial charge in [-0.05, 0) is 43.5 Å². The average molecular weight is 368 g/mol. The maximum atomic E-state index is 12.1. The van der Waals surface area contributed by atoms with E-state index in [4.69, 9.17) is 9.47 Å². The fraction of sp³-hybridized carbons (Fsp3) is 0.333. The summed E-state index contributed by atoms with van der Waals surface area (Å²) < 4.78 is 11.1. The van der Waals surface area contributed by atoms with Crippen molar-refractivity contribution in [2.45, 2.75) is 31.8 Å². The Labute approximate surface area is 158 Å². The molecule has 6 nitrogen and oxygen atoms in total. The zero-order valence-electron chi connectivity index (χ0n) is 15.1. The summed E-state index contributed by atoms with van der Waals surface area (Å²) in [6.07, 6.45) is 3.47. The molecule has 0 unspecified atom stereocenters. The van der Waals surface area contributed by atoms with Crippen LogP contribution in [0.25, 0.3) is 0 Å². The van der Waals surface area contributed by atoms with Crippen molar-refractivity contribution in [3.63, 3.8) is 0 Å².